The zero-order valence-corrected chi connectivity index (χ0v) is 18.2. The van der Waals surface area contributed by atoms with E-state index in [0.29, 0.717) is 24.6 Å². The molecule has 0 amide bonds. The van der Waals surface area contributed by atoms with Gasteiger partial charge in [-0.05, 0) is 74.9 Å². The van der Waals surface area contributed by atoms with Crippen LogP contribution in [0, 0.1) is 35.3 Å². The largest absolute Gasteiger partial charge is 0.493 e. The van der Waals surface area contributed by atoms with Gasteiger partial charge in [0.2, 0.25) is 0 Å². The van der Waals surface area contributed by atoms with Gasteiger partial charge < -0.3 is 9.47 Å². The van der Waals surface area contributed by atoms with Gasteiger partial charge in [0.05, 0.1) is 35.6 Å². The molecule has 0 aromatic heterocycles. The summed E-state index contributed by atoms with van der Waals surface area (Å²) in [6.07, 6.45) is 3.32. The molecule has 0 saturated carbocycles. The molecule has 2 aromatic carbocycles. The van der Waals surface area contributed by atoms with Crippen molar-refractivity contribution in [1.82, 2.24) is 0 Å². The molecule has 0 unspecified atom stereocenters. The molecule has 2 rings (SSSR count). The number of nitro benzene ring substituents is 1. The van der Waals surface area contributed by atoms with E-state index in [1.165, 1.54) is 12.1 Å². The molecule has 9 heteroatoms. The lowest BCUT2D eigenvalue weighted by Crippen LogP contribution is -2.04. The molecule has 0 bridgehead atoms. The van der Waals surface area contributed by atoms with Gasteiger partial charge in [0, 0.05) is 12.1 Å². The second-order valence-corrected chi connectivity index (χ2v) is 7.20. The summed E-state index contributed by atoms with van der Waals surface area (Å²) in [4.78, 5) is 21.3. The van der Waals surface area contributed by atoms with Gasteiger partial charge >= 0.3 is 5.97 Å². The van der Waals surface area contributed by atoms with Crippen molar-refractivity contribution in [3.8, 4) is 11.8 Å². The van der Waals surface area contributed by atoms with Crippen LogP contribution < -0.4 is 4.74 Å². The topological polar surface area (TPSA) is 127 Å². The number of benzene rings is 2. The molecule has 0 atom stereocenters. The Balaban J connectivity index is 1.78. The number of unbranched alkanes of at least 4 members (excludes halogenated alkanes) is 3. The van der Waals surface area contributed by atoms with Crippen molar-refractivity contribution in [2.24, 2.45) is 10.2 Å². The van der Waals surface area contributed by atoms with Crippen LogP contribution in [-0.4, -0.2) is 24.1 Å². The Morgan fingerprint density at radius 3 is 2.38 bits per heavy atom. The molecule has 0 aliphatic rings. The van der Waals surface area contributed by atoms with Gasteiger partial charge in [0.1, 0.15) is 12.2 Å². The Labute approximate surface area is 186 Å². The van der Waals surface area contributed by atoms with E-state index in [0.717, 1.165) is 42.6 Å². The standard InChI is InChI=1S/C23H26N4O5/c1-17-16-22(31-13-5-3-4-6-14-32-23(28)11-12-24)18(2)15-21(17)26-25-19-7-9-20(10-8-19)27(29)30/h7-10,15-16H,3-6,11,13-14H2,1-2H3. The Morgan fingerprint density at radius 2 is 1.72 bits per heavy atom. The number of nitro groups is 1. The highest BCUT2D eigenvalue weighted by Gasteiger charge is 2.07. The van der Waals surface area contributed by atoms with Crippen molar-refractivity contribution in [1.29, 1.82) is 5.26 Å². The van der Waals surface area contributed by atoms with E-state index in [1.807, 2.05) is 26.0 Å². The van der Waals surface area contributed by atoms with Gasteiger partial charge in [0.25, 0.3) is 5.69 Å². The number of hydrogen-bond donors (Lipinski definition) is 0. The number of non-ortho nitro benzene ring substituents is 1. The van der Waals surface area contributed by atoms with E-state index < -0.39 is 10.9 Å². The summed E-state index contributed by atoms with van der Waals surface area (Å²) < 4.78 is 10.8. The number of nitriles is 1. The first kappa shape index (κ1) is 24.5. The normalized spacial score (nSPS) is 10.7. The van der Waals surface area contributed by atoms with Gasteiger partial charge in [0.15, 0.2) is 0 Å². The van der Waals surface area contributed by atoms with E-state index in [1.54, 1.807) is 18.2 Å². The maximum absolute atomic E-state index is 11.1. The van der Waals surface area contributed by atoms with E-state index in [4.69, 9.17) is 14.7 Å². The molecule has 0 spiro atoms. The van der Waals surface area contributed by atoms with Crippen molar-refractivity contribution in [3.63, 3.8) is 0 Å². The number of carbonyl (C=O) groups is 1. The molecule has 0 N–H and O–H groups in total. The minimum absolute atomic E-state index is 0.0107. The second kappa shape index (κ2) is 12.8. The smallest absolute Gasteiger partial charge is 0.320 e. The zero-order chi connectivity index (χ0) is 23.3. The van der Waals surface area contributed by atoms with Crippen LogP contribution in [0.4, 0.5) is 17.1 Å². The third-order valence-corrected chi connectivity index (χ3v) is 4.61. The fraction of sp³-hybridized carbons (Fsp3) is 0.391. The molecule has 0 fully saturated rings. The number of carbonyl (C=O) groups excluding carboxylic acids is 1. The summed E-state index contributed by atoms with van der Waals surface area (Å²) >= 11 is 0. The molecule has 2 aromatic rings. The number of hydrogen-bond acceptors (Lipinski definition) is 8. The van der Waals surface area contributed by atoms with Gasteiger partial charge in [-0.25, -0.2) is 0 Å². The molecular weight excluding hydrogens is 412 g/mol. The molecule has 32 heavy (non-hydrogen) atoms. The highest BCUT2D eigenvalue weighted by molar-refractivity contribution is 5.71. The van der Waals surface area contributed by atoms with E-state index >= 15 is 0 Å². The van der Waals surface area contributed by atoms with E-state index in [-0.39, 0.29) is 12.1 Å². The lowest BCUT2D eigenvalue weighted by Gasteiger charge is -2.11. The van der Waals surface area contributed by atoms with E-state index in [9.17, 15) is 14.9 Å². The summed E-state index contributed by atoms with van der Waals surface area (Å²) in [5.74, 6) is 0.319. The first-order chi connectivity index (χ1) is 15.4. The lowest BCUT2D eigenvalue weighted by molar-refractivity contribution is -0.384. The van der Waals surface area contributed by atoms with E-state index in [2.05, 4.69) is 10.2 Å². The molecule has 0 radical (unpaired) electrons. The predicted molar refractivity (Wildman–Crippen MR) is 118 cm³/mol. The summed E-state index contributed by atoms with van der Waals surface area (Å²) in [5.41, 5.74) is 3.11. The van der Waals surface area contributed by atoms with Gasteiger partial charge in [-0.3, -0.25) is 14.9 Å². The quantitative estimate of drug-likeness (QED) is 0.131. The maximum atomic E-state index is 11.1. The zero-order valence-electron chi connectivity index (χ0n) is 18.2. The molecular formula is C23H26N4O5. The minimum atomic E-state index is -0.475. The fourth-order valence-electron chi connectivity index (χ4n) is 2.83. The summed E-state index contributed by atoms with van der Waals surface area (Å²) in [6.45, 7) is 4.78. The fourth-order valence-corrected chi connectivity index (χ4v) is 2.83. The van der Waals surface area contributed by atoms with Crippen LogP contribution in [0.15, 0.2) is 46.6 Å². The van der Waals surface area contributed by atoms with Crippen LogP contribution in [0.3, 0.4) is 0 Å². The molecule has 0 aliphatic carbocycles. The average Bonchev–Trinajstić information content (AvgIpc) is 2.77. The van der Waals surface area contributed by atoms with Crippen molar-refractivity contribution in [2.75, 3.05) is 13.2 Å². The summed E-state index contributed by atoms with van der Waals surface area (Å²) in [7, 11) is 0. The minimum Gasteiger partial charge on any atom is -0.493 e. The SMILES string of the molecule is Cc1cc(OCCCCCCOC(=O)CC#N)c(C)cc1N=Nc1ccc([N+](=O)[O-])cc1. The van der Waals surface area contributed by atoms with Gasteiger partial charge in [-0.1, -0.05) is 0 Å². The lowest BCUT2D eigenvalue weighted by atomic mass is 10.1. The Morgan fingerprint density at radius 1 is 1.03 bits per heavy atom. The first-order valence-corrected chi connectivity index (χ1v) is 10.3. The third kappa shape index (κ3) is 8.14. The number of aryl methyl sites for hydroxylation is 2. The average molecular weight is 438 g/mol. The Hall–Kier alpha value is -3.80. The van der Waals surface area contributed by atoms with Gasteiger partial charge in [-0.15, -0.1) is 0 Å². The van der Waals surface area contributed by atoms with Crippen LogP contribution in [0.5, 0.6) is 5.75 Å². The van der Waals surface area contributed by atoms with Crippen molar-refractivity contribution < 1.29 is 19.2 Å². The van der Waals surface area contributed by atoms with Crippen LogP contribution in [-0.2, 0) is 9.53 Å². The number of esters is 1. The second-order valence-electron chi connectivity index (χ2n) is 7.20. The predicted octanol–water partition coefficient (Wildman–Crippen LogP) is 6.02. The summed E-state index contributed by atoms with van der Waals surface area (Å²) in [5, 5.41) is 27.5. The molecule has 168 valence electrons. The number of azo groups is 1. The van der Waals surface area contributed by atoms with Crippen LogP contribution >= 0.6 is 0 Å². The Kier molecular flexibility index (Phi) is 9.78. The monoisotopic (exact) mass is 438 g/mol. The highest BCUT2D eigenvalue weighted by atomic mass is 16.6. The number of ether oxygens (including phenoxy) is 2. The van der Waals surface area contributed by atoms with Crippen LogP contribution in [0.2, 0.25) is 0 Å². The molecule has 0 heterocycles. The van der Waals surface area contributed by atoms with Crippen molar-refractivity contribution in [2.45, 2.75) is 46.0 Å². The van der Waals surface area contributed by atoms with Gasteiger partial charge in [-0.2, -0.15) is 15.5 Å². The van der Waals surface area contributed by atoms with Crippen molar-refractivity contribution in [3.05, 3.63) is 57.6 Å². The Bertz CT molecular complexity index is 997. The number of nitrogens with zero attached hydrogens (tertiary/aromatic N) is 4. The molecule has 0 saturated heterocycles. The maximum Gasteiger partial charge on any atom is 0.320 e. The molecule has 0 aliphatic heterocycles. The first-order valence-electron chi connectivity index (χ1n) is 10.3. The molecule has 9 nitrogen and oxygen atoms in total. The van der Waals surface area contributed by atoms with Crippen LogP contribution in [0.25, 0.3) is 0 Å². The van der Waals surface area contributed by atoms with Crippen LogP contribution in [0.1, 0.15) is 43.2 Å². The van der Waals surface area contributed by atoms with Crippen molar-refractivity contribution >= 4 is 23.0 Å². The summed E-state index contributed by atoms with van der Waals surface area (Å²) in [6, 6.07) is 11.5. The highest BCUT2D eigenvalue weighted by Crippen LogP contribution is 2.30. The third-order valence-electron chi connectivity index (χ3n) is 4.61. The number of rotatable bonds is 12.